The molecule has 0 radical (unpaired) electrons. The Balaban J connectivity index is 1.27. The number of hydrogen-bond acceptors (Lipinski definition) is 9. The molecule has 2 aromatic carbocycles. The highest BCUT2D eigenvalue weighted by Crippen LogP contribution is 2.41. The van der Waals surface area contributed by atoms with E-state index in [4.69, 9.17) is 14.5 Å². The number of nitrogens with one attached hydrogen (secondary N) is 2. The first-order valence-electron chi connectivity index (χ1n) is 22.7. The zero-order valence-electron chi connectivity index (χ0n) is 39.1. The molecule has 1 unspecified atom stereocenters. The van der Waals surface area contributed by atoms with Crippen LogP contribution in [0.3, 0.4) is 0 Å². The predicted octanol–water partition coefficient (Wildman–Crippen LogP) is 5.54. The molecule has 0 spiro atoms. The number of likely N-dealkylation sites (tertiary alicyclic amines) is 1. The average molecular weight is 888 g/mol. The number of pyridine rings is 1. The molecule has 3 amide bonds. The molecule has 3 aliphatic heterocycles. The maximum atomic E-state index is 14.7. The van der Waals surface area contributed by atoms with Crippen LogP contribution in [0.2, 0.25) is 0 Å². The number of methoxy groups -OCH3 is 1. The van der Waals surface area contributed by atoms with Crippen LogP contribution in [0.4, 0.5) is 0 Å². The molecule has 0 aliphatic carbocycles. The number of cyclic esters (lactones) is 1. The lowest BCUT2D eigenvalue weighted by atomic mass is 9.84. The van der Waals surface area contributed by atoms with Crippen LogP contribution in [0.5, 0.6) is 0 Å². The van der Waals surface area contributed by atoms with Crippen LogP contribution in [0.15, 0.2) is 60.8 Å². The maximum Gasteiger partial charge on any atom is 0.324 e. The first-order chi connectivity index (χ1) is 31.0. The van der Waals surface area contributed by atoms with Gasteiger partial charge in [0, 0.05) is 68.2 Å². The van der Waals surface area contributed by atoms with Gasteiger partial charge < -0.3 is 24.3 Å². The molecule has 0 saturated carbocycles. The summed E-state index contributed by atoms with van der Waals surface area (Å²) in [6.07, 6.45) is 3.68. The highest BCUT2D eigenvalue weighted by molar-refractivity contribution is 5.96. The molecule has 15 nitrogen and oxygen atoms in total. The topological polar surface area (TPSA) is 158 Å². The summed E-state index contributed by atoms with van der Waals surface area (Å²) in [7, 11) is 5.31. The molecule has 2 N–H and O–H groups in total. The number of carbonyl (C=O) groups is 4. The van der Waals surface area contributed by atoms with Crippen molar-refractivity contribution in [1.82, 2.24) is 35.2 Å². The van der Waals surface area contributed by atoms with Crippen molar-refractivity contribution in [3.63, 3.8) is 0 Å². The van der Waals surface area contributed by atoms with E-state index in [-0.39, 0.29) is 37.5 Å². The van der Waals surface area contributed by atoms with Crippen molar-refractivity contribution >= 4 is 34.6 Å². The van der Waals surface area contributed by atoms with E-state index in [1.54, 1.807) is 32.2 Å². The highest BCUT2D eigenvalue weighted by Gasteiger charge is 2.45. The molecular formula is C50H63N8O7+. The van der Waals surface area contributed by atoms with Gasteiger partial charge in [-0.05, 0) is 91.5 Å². The summed E-state index contributed by atoms with van der Waals surface area (Å²) < 4.78 is 14.1. The first kappa shape index (κ1) is 46.9. The minimum absolute atomic E-state index is 0.130. The Morgan fingerprint density at radius 2 is 1.83 bits per heavy atom. The van der Waals surface area contributed by atoms with Gasteiger partial charge in [0.2, 0.25) is 5.91 Å². The highest BCUT2D eigenvalue weighted by atomic mass is 16.5. The third kappa shape index (κ3) is 9.94. The summed E-state index contributed by atoms with van der Waals surface area (Å²) in [5.74, 6) is 3.13. The van der Waals surface area contributed by atoms with Gasteiger partial charge in [-0.2, -0.15) is 0 Å². The molecule has 2 aromatic heterocycles. The van der Waals surface area contributed by atoms with Gasteiger partial charge in [0.05, 0.1) is 42.6 Å². The van der Waals surface area contributed by atoms with Gasteiger partial charge in [-0.3, -0.25) is 29.2 Å². The number of aryl methyl sites for hydroxylation is 1. The number of nitrogens with zero attached hydrogens (tertiary/aromatic N) is 6. The van der Waals surface area contributed by atoms with Crippen LogP contribution in [0, 0.1) is 28.1 Å². The van der Waals surface area contributed by atoms with E-state index in [1.807, 2.05) is 45.0 Å². The van der Waals surface area contributed by atoms with Crippen molar-refractivity contribution in [2.24, 2.45) is 18.4 Å². The summed E-state index contributed by atoms with van der Waals surface area (Å²) in [6.45, 7) is 12.5. The van der Waals surface area contributed by atoms with E-state index in [0.717, 1.165) is 55.0 Å². The van der Waals surface area contributed by atoms with E-state index < -0.39 is 47.4 Å². The number of hydrazine groups is 2. The average Bonchev–Trinajstić information content (AvgIpc) is 3.89. The number of benzene rings is 2. The van der Waals surface area contributed by atoms with Crippen LogP contribution in [-0.4, -0.2) is 118 Å². The normalized spacial score (nSPS) is 20.9. The lowest BCUT2D eigenvalue weighted by Crippen LogP contribution is -2.62. The molecule has 2 fully saturated rings. The predicted molar refractivity (Wildman–Crippen MR) is 247 cm³/mol. The third-order valence-electron chi connectivity index (χ3n) is 13.1. The van der Waals surface area contributed by atoms with Crippen LogP contribution < -0.4 is 10.7 Å². The minimum atomic E-state index is -1.06. The fraction of sp³-hybridized carbons (Fsp3) is 0.500. The molecule has 4 aromatic rings. The van der Waals surface area contributed by atoms with E-state index in [2.05, 4.69) is 78.4 Å². The quantitative estimate of drug-likeness (QED) is 0.0947. The smallest absolute Gasteiger partial charge is 0.324 e. The second-order valence-corrected chi connectivity index (χ2v) is 18.8. The molecule has 3 aliphatic rings. The minimum Gasteiger partial charge on any atom is -0.464 e. The fourth-order valence-corrected chi connectivity index (χ4v) is 9.62. The van der Waals surface area contributed by atoms with E-state index >= 15 is 0 Å². The summed E-state index contributed by atoms with van der Waals surface area (Å²) in [6, 6.07) is 15.1. The molecule has 7 rings (SSSR count). The summed E-state index contributed by atoms with van der Waals surface area (Å²) in [5, 5.41) is 6.90. The SMILES string of the molecule is CC#CC(=O)N1CC[C@H]([N+](=O)N(C)[C@H](C(=O)NC2Cc3cccc(c3)-c3ccc4c(c3)c(c(-c3cccnc3[C@H](C)OC)n4C)CC(C)(C)COC(=O)[C@@H]3CCCN(N3)C2=O)C(C)C)C1. The van der Waals surface area contributed by atoms with Gasteiger partial charge >= 0.3 is 5.97 Å². The Bertz CT molecular complexity index is 2540. The number of fused-ring (bicyclic) bond motifs is 6. The van der Waals surface area contributed by atoms with E-state index in [9.17, 15) is 24.1 Å². The number of nitroso groups, excluding NO2 is 1. The number of likely N-dealkylation sites (N-methyl/N-ethyl adjacent to an activating group) is 1. The van der Waals surface area contributed by atoms with Gasteiger partial charge in [0.25, 0.3) is 17.9 Å². The van der Waals surface area contributed by atoms with Crippen LogP contribution in [0.1, 0.15) is 83.7 Å². The molecule has 344 valence electrons. The number of ether oxygens (including phenoxy) is 2. The Morgan fingerprint density at radius 3 is 2.57 bits per heavy atom. The van der Waals surface area contributed by atoms with Crippen LogP contribution in [0.25, 0.3) is 33.3 Å². The van der Waals surface area contributed by atoms with E-state index in [1.165, 1.54) is 10.0 Å². The molecule has 5 atom stereocenters. The number of rotatable bonds is 9. The Labute approximate surface area is 381 Å². The summed E-state index contributed by atoms with van der Waals surface area (Å²) in [5.41, 5.74) is 10.3. The Hall–Kier alpha value is -6.11. The Kier molecular flexibility index (Phi) is 14.1. The second kappa shape index (κ2) is 19.6. The van der Waals surface area contributed by atoms with Crippen molar-refractivity contribution < 1.29 is 33.5 Å². The van der Waals surface area contributed by atoms with Crippen molar-refractivity contribution in [3.05, 3.63) is 82.5 Å². The van der Waals surface area contributed by atoms with Gasteiger partial charge in [0.15, 0.2) is 6.04 Å². The third-order valence-corrected chi connectivity index (χ3v) is 13.1. The van der Waals surface area contributed by atoms with Gasteiger partial charge in [-0.25, -0.2) is 5.43 Å². The van der Waals surface area contributed by atoms with Gasteiger partial charge in [-0.15, -0.1) is 5.01 Å². The van der Waals surface area contributed by atoms with Gasteiger partial charge in [0.1, 0.15) is 17.0 Å². The van der Waals surface area contributed by atoms with Crippen molar-refractivity contribution in [2.75, 3.05) is 40.4 Å². The van der Waals surface area contributed by atoms with E-state index in [0.29, 0.717) is 38.8 Å². The largest absolute Gasteiger partial charge is 0.464 e. The van der Waals surface area contributed by atoms with Crippen molar-refractivity contribution in [1.29, 1.82) is 0 Å². The molecule has 15 heteroatoms. The van der Waals surface area contributed by atoms with Crippen molar-refractivity contribution in [2.45, 2.75) is 104 Å². The zero-order valence-corrected chi connectivity index (χ0v) is 39.1. The van der Waals surface area contributed by atoms with Crippen molar-refractivity contribution in [3.8, 4) is 34.2 Å². The molecule has 6 bridgehead atoms. The zero-order chi connectivity index (χ0) is 46.7. The lowest BCUT2D eigenvalue weighted by molar-refractivity contribution is -0.732. The maximum absolute atomic E-state index is 14.7. The molecular weight excluding hydrogens is 825 g/mol. The lowest BCUT2D eigenvalue weighted by Gasteiger charge is -2.36. The first-order valence-corrected chi connectivity index (χ1v) is 22.7. The standard InChI is InChI=1S/C50H62N8O7/c1-10-14-43(59)56-24-21-36(29-56)58(63)55(8)45(31(2)3)47(60)52-41-26-33-15-11-16-34(25-33)35-19-20-42-38(27-35)39(46(54(42)7)37-17-12-22-51-44(37)32(4)64-9)28-50(5,6)30-65-49(62)40-18-13-23-57(53-40)48(41)61/h11-12,15-17,19-20,22,25,27,31-32,36,40-41,45,53H,13,18,21,23-24,26,28-30H2,1-9H3/p+1/t32-,36-,40-,41?,45-/m0/s1. The number of hydrogen-bond donors (Lipinski definition) is 2. The number of amides is 3. The number of esters is 1. The Morgan fingerprint density at radius 1 is 1.06 bits per heavy atom. The molecule has 65 heavy (non-hydrogen) atoms. The fourth-order valence-electron chi connectivity index (χ4n) is 9.62. The second-order valence-electron chi connectivity index (χ2n) is 18.8. The number of carbonyl (C=O) groups excluding carboxylic acids is 4. The molecule has 5 heterocycles. The van der Waals surface area contributed by atoms with Crippen LogP contribution >= 0.6 is 0 Å². The van der Waals surface area contributed by atoms with Gasteiger partial charge in [-0.1, -0.05) is 63.9 Å². The van der Waals surface area contributed by atoms with Crippen LogP contribution in [-0.2, 0) is 48.5 Å². The summed E-state index contributed by atoms with van der Waals surface area (Å²) in [4.78, 5) is 76.5. The summed E-state index contributed by atoms with van der Waals surface area (Å²) >= 11 is 0. The number of aromatic nitrogens is 2. The molecule has 2 saturated heterocycles. The monoisotopic (exact) mass is 887 g/mol.